The molecule has 2 heterocycles. The zero-order chi connectivity index (χ0) is 20.5. The molecule has 0 bridgehead atoms. The van der Waals surface area contributed by atoms with Crippen LogP contribution >= 0.6 is 0 Å². The predicted octanol–water partition coefficient (Wildman–Crippen LogP) is 3.45. The van der Waals surface area contributed by atoms with Gasteiger partial charge in [-0.25, -0.2) is 0 Å². The van der Waals surface area contributed by atoms with Crippen LogP contribution in [-0.2, 0) is 28.4 Å². The first-order valence-electron chi connectivity index (χ1n) is 9.71. The molecule has 0 spiro atoms. The Morgan fingerprint density at radius 3 is 2.44 bits per heavy atom. The molecule has 7 nitrogen and oxygen atoms in total. The van der Waals surface area contributed by atoms with E-state index in [-0.39, 0.29) is 23.9 Å². The maximum atomic E-state index is 12.1. The van der Waals surface area contributed by atoms with Crippen LogP contribution in [0, 0.1) is 0 Å². The van der Waals surface area contributed by atoms with Crippen LogP contribution in [0.3, 0.4) is 0 Å². The van der Waals surface area contributed by atoms with Crippen molar-refractivity contribution in [3.05, 3.63) is 11.8 Å². The lowest BCUT2D eigenvalue weighted by Gasteiger charge is -2.39. The van der Waals surface area contributed by atoms with Gasteiger partial charge in [-0.1, -0.05) is 34.6 Å². The van der Waals surface area contributed by atoms with Gasteiger partial charge in [-0.2, -0.15) is 8.42 Å². The first kappa shape index (κ1) is 22.8. The molecule has 0 aromatic heterocycles. The topological polar surface area (TPSA) is 83.1 Å². The lowest BCUT2D eigenvalue weighted by atomic mass is 10.1. The Morgan fingerprint density at radius 1 is 1.30 bits per heavy atom. The lowest BCUT2D eigenvalue weighted by Crippen LogP contribution is -2.45. The van der Waals surface area contributed by atoms with Gasteiger partial charge >= 0.3 is 10.3 Å². The van der Waals surface area contributed by atoms with E-state index in [0.717, 1.165) is 12.8 Å². The van der Waals surface area contributed by atoms with Crippen molar-refractivity contribution in [1.82, 2.24) is 4.72 Å². The molecule has 0 unspecified atom stereocenters. The molecule has 2 atom stereocenters. The van der Waals surface area contributed by atoms with E-state index in [1.54, 1.807) is 6.08 Å². The van der Waals surface area contributed by atoms with Crippen molar-refractivity contribution < 1.29 is 26.5 Å². The van der Waals surface area contributed by atoms with Crippen LogP contribution in [-0.4, -0.2) is 47.9 Å². The summed E-state index contributed by atoms with van der Waals surface area (Å²) in [5, 5.41) is 0.0106. The maximum Gasteiger partial charge on any atom is 0.359 e. The fraction of sp³-hybridized carbons (Fsp3) is 0.889. The van der Waals surface area contributed by atoms with Crippen molar-refractivity contribution in [2.24, 2.45) is 0 Å². The Kier molecular flexibility index (Phi) is 6.86. The Morgan fingerprint density at radius 2 is 1.93 bits per heavy atom. The largest absolute Gasteiger partial charge is 0.408 e. The molecular weight excluding hydrogens is 386 g/mol. The highest BCUT2D eigenvalue weighted by atomic mass is 32.2. The van der Waals surface area contributed by atoms with Crippen LogP contribution in [0.25, 0.3) is 0 Å². The number of hydrogen-bond donors (Lipinski definition) is 1. The van der Waals surface area contributed by atoms with Gasteiger partial charge in [0.2, 0.25) is 0 Å². The number of hydrogen-bond acceptors (Lipinski definition) is 6. The van der Waals surface area contributed by atoms with Crippen LogP contribution in [0.2, 0.25) is 18.1 Å². The van der Waals surface area contributed by atoms with Crippen LogP contribution in [0.4, 0.5) is 0 Å². The van der Waals surface area contributed by atoms with E-state index in [1.165, 1.54) is 0 Å². The zero-order valence-electron chi connectivity index (χ0n) is 17.6. The van der Waals surface area contributed by atoms with E-state index >= 15 is 0 Å². The Hall–Kier alpha value is -0.453. The molecule has 0 amide bonds. The summed E-state index contributed by atoms with van der Waals surface area (Å²) in [7, 11) is -5.96. The predicted molar refractivity (Wildman–Crippen MR) is 107 cm³/mol. The van der Waals surface area contributed by atoms with Crippen molar-refractivity contribution >= 4 is 18.6 Å². The van der Waals surface area contributed by atoms with Crippen molar-refractivity contribution in [3.8, 4) is 0 Å². The van der Waals surface area contributed by atoms with Gasteiger partial charge in [0.25, 0.3) is 0 Å². The van der Waals surface area contributed by atoms with E-state index < -0.39 is 24.4 Å². The molecule has 2 fully saturated rings. The summed E-state index contributed by atoms with van der Waals surface area (Å²) < 4.78 is 50.2. The van der Waals surface area contributed by atoms with Gasteiger partial charge in [0.15, 0.2) is 14.1 Å². The van der Waals surface area contributed by atoms with Gasteiger partial charge < -0.3 is 13.9 Å². The molecule has 0 aliphatic carbocycles. The van der Waals surface area contributed by atoms with Crippen molar-refractivity contribution in [2.75, 3.05) is 13.2 Å². The Bertz CT molecular complexity index is 651. The standard InChI is InChI=1S/C18H35NO6SSi/c1-8-18(9-2)22-13-14(24-18)12-15-16(10-11-23-26(20,21)19-15)25-27(6,7)17(3,4)5/h12,14,16,19H,8-11,13H2,1-7H3/b15-12+/t14-,16-/m0/s1. The van der Waals surface area contributed by atoms with Gasteiger partial charge in [-0.3, -0.25) is 8.91 Å². The Labute approximate surface area is 165 Å². The molecule has 0 aromatic carbocycles. The first-order valence-corrected chi connectivity index (χ1v) is 14.0. The molecule has 0 saturated carbocycles. The highest BCUT2D eigenvalue weighted by Gasteiger charge is 2.42. The fourth-order valence-electron chi connectivity index (χ4n) is 2.94. The molecule has 2 aliphatic rings. The third-order valence-corrected chi connectivity index (χ3v) is 11.2. The second-order valence-electron chi connectivity index (χ2n) is 8.74. The summed E-state index contributed by atoms with van der Waals surface area (Å²) in [4.78, 5) is 0. The second-order valence-corrected chi connectivity index (χ2v) is 14.8. The van der Waals surface area contributed by atoms with Crippen molar-refractivity contribution in [1.29, 1.82) is 0 Å². The third-order valence-electron chi connectivity index (χ3n) is 5.77. The van der Waals surface area contributed by atoms with Gasteiger partial charge in [0.1, 0.15) is 6.10 Å². The monoisotopic (exact) mass is 421 g/mol. The summed E-state index contributed by atoms with van der Waals surface area (Å²) in [5.74, 6) is -0.600. The van der Waals surface area contributed by atoms with Gasteiger partial charge in [0, 0.05) is 6.42 Å². The number of rotatable bonds is 5. The molecule has 27 heavy (non-hydrogen) atoms. The summed E-state index contributed by atoms with van der Waals surface area (Å²) >= 11 is 0. The normalized spacial score (nSPS) is 30.1. The molecule has 2 saturated heterocycles. The summed E-state index contributed by atoms with van der Waals surface area (Å²) in [6.45, 7) is 15.3. The van der Waals surface area contributed by atoms with Crippen LogP contribution < -0.4 is 4.72 Å². The molecule has 1 N–H and O–H groups in total. The molecular formula is C18H35NO6SSi. The van der Waals surface area contributed by atoms with Gasteiger partial charge in [-0.05, 0) is 37.0 Å². The number of nitrogens with one attached hydrogen (secondary N) is 1. The van der Waals surface area contributed by atoms with E-state index in [9.17, 15) is 8.42 Å². The maximum absolute atomic E-state index is 12.1. The summed E-state index contributed by atoms with van der Waals surface area (Å²) in [6.07, 6.45) is 3.02. The Balaban J connectivity index is 2.29. The summed E-state index contributed by atoms with van der Waals surface area (Å²) in [5.41, 5.74) is 0.480. The quantitative estimate of drug-likeness (QED) is 0.685. The minimum atomic E-state index is -3.85. The molecule has 2 aliphatic heterocycles. The molecule has 2 rings (SSSR count). The molecule has 0 aromatic rings. The van der Waals surface area contributed by atoms with Crippen molar-refractivity contribution in [2.45, 2.75) is 90.0 Å². The average Bonchev–Trinajstić information content (AvgIpc) is 2.89. The van der Waals surface area contributed by atoms with Gasteiger partial charge in [-0.15, -0.1) is 0 Å². The summed E-state index contributed by atoms with van der Waals surface area (Å²) in [6, 6.07) is 0. The second kappa shape index (κ2) is 8.12. The fourth-order valence-corrected chi connectivity index (χ4v) is 5.11. The molecule has 0 radical (unpaired) electrons. The van der Waals surface area contributed by atoms with Crippen LogP contribution in [0.5, 0.6) is 0 Å². The van der Waals surface area contributed by atoms with E-state index in [2.05, 4.69) is 38.6 Å². The van der Waals surface area contributed by atoms with E-state index in [1.807, 2.05) is 13.8 Å². The minimum Gasteiger partial charge on any atom is -0.408 e. The highest BCUT2D eigenvalue weighted by molar-refractivity contribution is 7.84. The van der Waals surface area contributed by atoms with Crippen molar-refractivity contribution in [3.63, 3.8) is 0 Å². The van der Waals surface area contributed by atoms with E-state index in [0.29, 0.717) is 18.7 Å². The van der Waals surface area contributed by atoms with E-state index in [4.69, 9.17) is 18.1 Å². The SMILES string of the molecule is CCC1(CC)OC[C@H](/C=C2/NS(=O)(=O)OCC[C@@H]2O[Si](C)(C)C(C)(C)C)O1. The molecule has 9 heteroatoms. The smallest absolute Gasteiger partial charge is 0.359 e. The highest BCUT2D eigenvalue weighted by Crippen LogP contribution is 2.39. The van der Waals surface area contributed by atoms with Crippen LogP contribution in [0.1, 0.15) is 53.9 Å². The zero-order valence-corrected chi connectivity index (χ0v) is 19.4. The van der Waals surface area contributed by atoms with Gasteiger partial charge in [0.05, 0.1) is 25.0 Å². The lowest BCUT2D eigenvalue weighted by molar-refractivity contribution is -0.167. The van der Waals surface area contributed by atoms with Crippen LogP contribution in [0.15, 0.2) is 11.8 Å². The molecule has 158 valence electrons. The average molecular weight is 422 g/mol. The first-order chi connectivity index (χ1) is 12.3. The number of ether oxygens (including phenoxy) is 2. The third kappa shape index (κ3) is 5.54. The minimum absolute atomic E-state index is 0.0106.